The quantitative estimate of drug-likeness (QED) is 0.747. The smallest absolute Gasteiger partial charge is 0.326 e. The lowest BCUT2D eigenvalue weighted by atomic mass is 10.1. The Morgan fingerprint density at radius 2 is 2.12 bits per heavy atom. The lowest BCUT2D eigenvalue weighted by Gasteiger charge is -2.29. The van der Waals surface area contributed by atoms with Gasteiger partial charge in [-0.1, -0.05) is 24.3 Å². The molecule has 0 spiro atoms. The molecule has 0 saturated heterocycles. The van der Waals surface area contributed by atoms with Gasteiger partial charge < -0.3 is 10.0 Å². The van der Waals surface area contributed by atoms with Gasteiger partial charge in [0, 0.05) is 12.2 Å². The monoisotopic (exact) mass is 219 g/mol. The highest BCUT2D eigenvalue weighted by atomic mass is 16.4. The zero-order valence-electron chi connectivity index (χ0n) is 9.47. The summed E-state index contributed by atoms with van der Waals surface area (Å²) in [6, 6.07) is 9.03. The van der Waals surface area contributed by atoms with Crippen LogP contribution in [0, 0.1) is 0 Å². The second-order valence-corrected chi connectivity index (χ2v) is 3.50. The molecule has 0 bridgehead atoms. The second kappa shape index (κ2) is 5.95. The van der Waals surface area contributed by atoms with Crippen LogP contribution in [0.1, 0.15) is 13.3 Å². The van der Waals surface area contributed by atoms with E-state index in [1.807, 2.05) is 42.2 Å². The number of para-hydroxylation sites is 1. The molecule has 0 saturated carbocycles. The summed E-state index contributed by atoms with van der Waals surface area (Å²) in [5.74, 6) is -0.814. The summed E-state index contributed by atoms with van der Waals surface area (Å²) in [5, 5.41) is 9.18. The lowest BCUT2D eigenvalue weighted by molar-refractivity contribution is -0.138. The van der Waals surface area contributed by atoms with Crippen LogP contribution in [0.5, 0.6) is 0 Å². The van der Waals surface area contributed by atoms with Gasteiger partial charge in [0.25, 0.3) is 0 Å². The van der Waals surface area contributed by atoms with E-state index in [2.05, 4.69) is 6.58 Å². The summed E-state index contributed by atoms with van der Waals surface area (Å²) in [4.78, 5) is 13.0. The number of aliphatic carboxylic acids is 1. The normalized spacial score (nSPS) is 11.8. The Labute approximate surface area is 96.0 Å². The number of carbonyl (C=O) groups is 1. The van der Waals surface area contributed by atoms with Crippen LogP contribution in [0.25, 0.3) is 0 Å². The molecule has 0 aliphatic heterocycles. The Balaban J connectivity index is 2.95. The molecule has 1 rings (SSSR count). The molecule has 0 fully saturated rings. The second-order valence-electron chi connectivity index (χ2n) is 3.50. The average Bonchev–Trinajstić information content (AvgIpc) is 2.30. The first-order valence-electron chi connectivity index (χ1n) is 5.36. The Morgan fingerprint density at radius 3 is 2.56 bits per heavy atom. The number of hydrogen-bond acceptors (Lipinski definition) is 2. The van der Waals surface area contributed by atoms with E-state index >= 15 is 0 Å². The first-order valence-corrected chi connectivity index (χ1v) is 5.36. The summed E-state index contributed by atoms with van der Waals surface area (Å²) >= 11 is 0. The maximum atomic E-state index is 11.2. The van der Waals surface area contributed by atoms with Crippen molar-refractivity contribution in [1.29, 1.82) is 0 Å². The van der Waals surface area contributed by atoms with Gasteiger partial charge in [-0.3, -0.25) is 0 Å². The molecule has 3 nitrogen and oxygen atoms in total. The van der Waals surface area contributed by atoms with Gasteiger partial charge in [-0.25, -0.2) is 4.79 Å². The third-order valence-electron chi connectivity index (χ3n) is 2.48. The van der Waals surface area contributed by atoms with E-state index in [1.54, 1.807) is 6.08 Å². The van der Waals surface area contributed by atoms with Gasteiger partial charge in [-0.15, -0.1) is 6.58 Å². The molecule has 16 heavy (non-hydrogen) atoms. The van der Waals surface area contributed by atoms with Crippen molar-refractivity contribution in [3.05, 3.63) is 43.0 Å². The number of likely N-dealkylation sites (N-methyl/N-ethyl adjacent to an activating group) is 1. The molecule has 0 aromatic heterocycles. The van der Waals surface area contributed by atoms with Gasteiger partial charge in [0.05, 0.1) is 0 Å². The van der Waals surface area contributed by atoms with Crippen LogP contribution in [0.3, 0.4) is 0 Å². The predicted octanol–water partition coefficient (Wildman–Crippen LogP) is 2.54. The third-order valence-corrected chi connectivity index (χ3v) is 2.48. The van der Waals surface area contributed by atoms with Gasteiger partial charge in [0.2, 0.25) is 0 Å². The highest BCUT2D eigenvalue weighted by molar-refractivity contribution is 5.78. The summed E-state index contributed by atoms with van der Waals surface area (Å²) < 4.78 is 0. The maximum absolute atomic E-state index is 11.2. The topological polar surface area (TPSA) is 40.5 Å². The molecule has 0 radical (unpaired) electrons. The Morgan fingerprint density at radius 1 is 1.50 bits per heavy atom. The fourth-order valence-corrected chi connectivity index (χ4v) is 1.72. The van der Waals surface area contributed by atoms with Crippen LogP contribution in [-0.4, -0.2) is 23.7 Å². The summed E-state index contributed by atoms with van der Waals surface area (Å²) in [6.07, 6.45) is 2.09. The van der Waals surface area contributed by atoms with Crippen LogP contribution in [0.15, 0.2) is 43.0 Å². The summed E-state index contributed by atoms with van der Waals surface area (Å²) in [6.45, 7) is 6.22. The molecular formula is C13H17NO2. The first-order chi connectivity index (χ1) is 7.70. The standard InChI is InChI=1S/C13H17NO2/c1-3-8-12(13(15)16)14(4-2)11-9-6-5-7-10-11/h3,5-7,9-10,12H,1,4,8H2,2H3,(H,15,16)/t12-/m0/s1. The SMILES string of the molecule is C=CC[C@@H](C(=O)O)N(CC)c1ccccc1. The Hall–Kier alpha value is -1.77. The molecular weight excluding hydrogens is 202 g/mol. The molecule has 1 aromatic rings. The van der Waals surface area contributed by atoms with Crippen LogP contribution in [-0.2, 0) is 4.79 Å². The highest BCUT2D eigenvalue weighted by Crippen LogP contribution is 2.18. The van der Waals surface area contributed by atoms with Crippen molar-refractivity contribution in [2.75, 3.05) is 11.4 Å². The van der Waals surface area contributed by atoms with E-state index in [0.29, 0.717) is 13.0 Å². The molecule has 0 aliphatic rings. The molecule has 0 heterocycles. The zero-order chi connectivity index (χ0) is 12.0. The molecule has 3 heteroatoms. The molecule has 0 amide bonds. The highest BCUT2D eigenvalue weighted by Gasteiger charge is 2.22. The van der Waals surface area contributed by atoms with Crippen molar-refractivity contribution in [3.8, 4) is 0 Å². The largest absolute Gasteiger partial charge is 0.480 e. The van der Waals surface area contributed by atoms with Gasteiger partial charge in [-0.2, -0.15) is 0 Å². The van der Waals surface area contributed by atoms with Crippen LogP contribution < -0.4 is 4.90 Å². The fourth-order valence-electron chi connectivity index (χ4n) is 1.72. The van der Waals surface area contributed by atoms with E-state index < -0.39 is 12.0 Å². The van der Waals surface area contributed by atoms with Crippen molar-refractivity contribution in [2.45, 2.75) is 19.4 Å². The number of hydrogen-bond donors (Lipinski definition) is 1. The van der Waals surface area contributed by atoms with Gasteiger partial charge in [-0.05, 0) is 25.5 Å². The van der Waals surface area contributed by atoms with E-state index in [1.165, 1.54) is 0 Å². The first kappa shape index (κ1) is 12.3. The average molecular weight is 219 g/mol. The van der Waals surface area contributed by atoms with Gasteiger partial charge in [0.1, 0.15) is 6.04 Å². The predicted molar refractivity (Wildman–Crippen MR) is 65.7 cm³/mol. The van der Waals surface area contributed by atoms with Crippen molar-refractivity contribution in [1.82, 2.24) is 0 Å². The minimum absolute atomic E-state index is 0.443. The lowest BCUT2D eigenvalue weighted by Crippen LogP contribution is -2.40. The van der Waals surface area contributed by atoms with Crippen LogP contribution >= 0.6 is 0 Å². The van der Waals surface area contributed by atoms with Crippen molar-refractivity contribution >= 4 is 11.7 Å². The van der Waals surface area contributed by atoms with Crippen LogP contribution in [0.2, 0.25) is 0 Å². The number of carboxylic acids is 1. The Kier molecular flexibility index (Phi) is 4.58. The number of benzene rings is 1. The van der Waals surface area contributed by atoms with Gasteiger partial charge >= 0.3 is 5.97 Å². The van der Waals surface area contributed by atoms with E-state index in [-0.39, 0.29) is 0 Å². The number of anilines is 1. The zero-order valence-corrected chi connectivity index (χ0v) is 9.47. The molecule has 1 aromatic carbocycles. The summed E-state index contributed by atoms with van der Waals surface area (Å²) in [7, 11) is 0. The minimum Gasteiger partial charge on any atom is -0.480 e. The molecule has 1 atom stereocenters. The fraction of sp³-hybridized carbons (Fsp3) is 0.308. The number of nitrogens with zero attached hydrogens (tertiary/aromatic N) is 1. The molecule has 86 valence electrons. The number of rotatable bonds is 6. The molecule has 1 N–H and O–H groups in total. The van der Waals surface area contributed by atoms with E-state index in [0.717, 1.165) is 5.69 Å². The summed E-state index contributed by atoms with van der Waals surface area (Å²) in [5.41, 5.74) is 0.930. The van der Waals surface area contributed by atoms with Crippen LogP contribution in [0.4, 0.5) is 5.69 Å². The molecule has 0 aliphatic carbocycles. The molecule has 0 unspecified atom stereocenters. The minimum atomic E-state index is -0.814. The van der Waals surface area contributed by atoms with Crippen molar-refractivity contribution in [3.63, 3.8) is 0 Å². The third kappa shape index (κ3) is 2.86. The van der Waals surface area contributed by atoms with Crippen molar-refractivity contribution in [2.24, 2.45) is 0 Å². The van der Waals surface area contributed by atoms with E-state index in [4.69, 9.17) is 0 Å². The van der Waals surface area contributed by atoms with Crippen molar-refractivity contribution < 1.29 is 9.90 Å². The van der Waals surface area contributed by atoms with E-state index in [9.17, 15) is 9.90 Å². The maximum Gasteiger partial charge on any atom is 0.326 e. The van der Waals surface area contributed by atoms with Gasteiger partial charge in [0.15, 0.2) is 0 Å². The number of carboxylic acid groups (broad SMARTS) is 1. The Bertz CT molecular complexity index is 348.